The largest absolute Gasteiger partial charge is 0.328 e. The molecule has 9 heavy (non-hydrogen) atoms. The highest BCUT2D eigenvalue weighted by Crippen LogP contribution is 2.06. The summed E-state index contributed by atoms with van der Waals surface area (Å²) in [5.41, 5.74) is -0.593. The number of halogens is 1. The second kappa shape index (κ2) is 3.34. The van der Waals surface area contributed by atoms with Crippen molar-refractivity contribution in [2.45, 2.75) is 26.4 Å². The molecule has 0 aromatic heterocycles. The molecule has 0 bridgehead atoms. The maximum atomic E-state index is 9.66. The Morgan fingerprint density at radius 2 is 1.67 bits per heavy atom. The Hall–Kier alpha value is 0.130. The van der Waals surface area contributed by atoms with Crippen molar-refractivity contribution in [2.24, 2.45) is 0 Å². The zero-order chi connectivity index (χ0) is 7.49. The first-order valence-corrected chi connectivity index (χ1v) is 3.26. The van der Waals surface area contributed by atoms with Crippen LogP contribution in [0.25, 0.3) is 0 Å². The highest BCUT2D eigenvalue weighted by molar-refractivity contribution is 4.53. The molecule has 0 radical (unpaired) electrons. The number of rotatable bonds is 2. The lowest BCUT2D eigenvalue weighted by Gasteiger charge is -2.10. The van der Waals surface area contributed by atoms with Crippen LogP contribution in [0.1, 0.15) is 20.8 Å². The summed E-state index contributed by atoms with van der Waals surface area (Å²) in [6.45, 7) is 5.02. The van der Waals surface area contributed by atoms with Crippen LogP contribution in [0.3, 0.4) is 0 Å². The van der Waals surface area contributed by atoms with Crippen molar-refractivity contribution >= 4 is 0 Å². The van der Waals surface area contributed by atoms with Gasteiger partial charge in [-0.1, -0.05) is 0 Å². The van der Waals surface area contributed by atoms with Crippen LogP contribution in [0, 0.1) is 10.8 Å². The smallest absolute Gasteiger partial charge is 0.318 e. The molecule has 0 aromatic rings. The highest BCUT2D eigenvalue weighted by Gasteiger charge is 2.19. The van der Waals surface area contributed by atoms with Gasteiger partial charge in [0.15, 0.2) is 0 Å². The summed E-state index contributed by atoms with van der Waals surface area (Å²) in [6.07, 6.45) is 0. The fraction of sp³-hybridized carbons (Fsp3) is 1.00. The molecule has 4 nitrogen and oxygen atoms in total. The van der Waals surface area contributed by atoms with E-state index in [-0.39, 0.29) is 0 Å². The summed E-state index contributed by atoms with van der Waals surface area (Å²) >= 11 is 0. The molecule has 0 saturated carbocycles. The predicted molar refractivity (Wildman–Crippen MR) is 21.9 cm³/mol. The molecule has 0 aliphatic heterocycles. The van der Waals surface area contributed by atoms with Gasteiger partial charge in [-0.25, -0.2) is 0 Å². The Morgan fingerprint density at radius 3 is 1.78 bits per heavy atom. The van der Waals surface area contributed by atoms with Crippen LogP contribution in [0.2, 0.25) is 0 Å². The van der Waals surface area contributed by atoms with Crippen LogP contribution in [0.15, 0.2) is 0 Å². The summed E-state index contributed by atoms with van der Waals surface area (Å²) < 4.78 is 23.1. The van der Waals surface area contributed by atoms with Gasteiger partial charge >= 0.3 is 10.8 Å². The van der Waals surface area contributed by atoms with E-state index in [1.54, 1.807) is 20.8 Å². The molecule has 0 aliphatic carbocycles. The minimum absolute atomic E-state index is 0.593. The second-order valence-electron chi connectivity index (χ2n) is 2.45. The van der Waals surface area contributed by atoms with Crippen LogP contribution < -0.4 is 9.32 Å². The summed E-state index contributed by atoms with van der Waals surface area (Å²) in [5.74, 6) is 0. The molecule has 0 heterocycles. The molecule has 0 amide bonds. The first-order chi connectivity index (χ1) is 3.92. The first-order valence-electron chi connectivity index (χ1n) is 2.33. The van der Waals surface area contributed by atoms with Gasteiger partial charge in [0.1, 0.15) is 5.60 Å². The average Bonchev–Trinajstić information content (AvgIpc) is 1.59. The van der Waals surface area contributed by atoms with E-state index in [0.717, 1.165) is 0 Å². The molecule has 0 aromatic carbocycles. The zero-order valence-corrected chi connectivity index (χ0v) is 6.27. The third-order valence-electron chi connectivity index (χ3n) is 0.333. The Kier molecular flexibility index (Phi) is 3.38. The molecule has 0 rings (SSSR count). The standard InChI is InChI=1S/C4H9ClO4/c1-4(2,3)8-9-5(6)7/h1-3H3. The third-order valence-corrected chi connectivity index (χ3v) is 0.499. The fourth-order valence-electron chi connectivity index (χ4n) is 0.120. The van der Waals surface area contributed by atoms with Crippen LogP contribution in [0.4, 0.5) is 0 Å². The predicted octanol–water partition coefficient (Wildman–Crippen LogP) is -1.18. The average molecular weight is 157 g/mol. The highest BCUT2D eigenvalue weighted by atomic mass is 35.6. The number of hydrogen-bond acceptors (Lipinski definition) is 4. The van der Waals surface area contributed by atoms with Crippen LogP contribution in [-0.2, 0) is 9.33 Å². The first kappa shape index (κ1) is 9.13. The SMILES string of the molecule is CC(C)(C)OO[Cl+2]([O-])[O-]. The molecule has 0 saturated heterocycles. The molecule has 0 N–H and O–H groups in total. The van der Waals surface area contributed by atoms with Gasteiger partial charge in [0, 0.05) is 0 Å². The van der Waals surface area contributed by atoms with E-state index in [1.165, 1.54) is 0 Å². The normalized spacial score (nSPS) is 12.7. The lowest BCUT2D eigenvalue weighted by atomic mass is 10.2. The Labute approximate surface area is 56.7 Å². The van der Waals surface area contributed by atoms with Crippen LogP contribution in [-0.4, -0.2) is 5.60 Å². The van der Waals surface area contributed by atoms with Crippen molar-refractivity contribution < 1.29 is 29.4 Å². The molecule has 0 spiro atoms. The quantitative estimate of drug-likeness (QED) is 0.373. The second-order valence-corrected chi connectivity index (χ2v) is 2.95. The minimum atomic E-state index is -2.28. The summed E-state index contributed by atoms with van der Waals surface area (Å²) in [6, 6.07) is 0. The van der Waals surface area contributed by atoms with Gasteiger partial charge < -0.3 is 9.32 Å². The Balaban J connectivity index is 3.28. The van der Waals surface area contributed by atoms with Crippen molar-refractivity contribution in [3.8, 4) is 0 Å². The van der Waals surface area contributed by atoms with E-state index in [2.05, 4.69) is 9.33 Å². The molecule has 56 valence electrons. The van der Waals surface area contributed by atoms with Crippen molar-refractivity contribution in [1.82, 2.24) is 0 Å². The monoisotopic (exact) mass is 156 g/mol. The summed E-state index contributed by atoms with van der Waals surface area (Å²) in [4.78, 5) is 4.36. The molecule has 0 fully saturated rings. The van der Waals surface area contributed by atoms with E-state index in [9.17, 15) is 9.32 Å². The van der Waals surface area contributed by atoms with Gasteiger partial charge in [0.2, 0.25) is 4.44 Å². The van der Waals surface area contributed by atoms with Gasteiger partial charge in [-0.2, -0.15) is 0 Å². The van der Waals surface area contributed by atoms with Crippen molar-refractivity contribution in [3.05, 3.63) is 0 Å². The maximum Gasteiger partial charge on any atom is 0.328 e. The zero-order valence-electron chi connectivity index (χ0n) is 5.51. The molecular formula is C4H9ClO4. The Morgan fingerprint density at radius 1 is 1.22 bits per heavy atom. The van der Waals surface area contributed by atoms with Crippen LogP contribution in [0.5, 0.6) is 0 Å². The minimum Gasteiger partial charge on any atom is -0.318 e. The fourth-order valence-corrected chi connectivity index (χ4v) is 0.361. The molecular weight excluding hydrogens is 147 g/mol. The molecule has 5 heteroatoms. The van der Waals surface area contributed by atoms with Crippen molar-refractivity contribution in [2.75, 3.05) is 0 Å². The van der Waals surface area contributed by atoms with Crippen molar-refractivity contribution in [3.63, 3.8) is 0 Å². The lowest BCUT2D eigenvalue weighted by molar-refractivity contribution is -1.64. The molecule has 0 aliphatic rings. The van der Waals surface area contributed by atoms with Gasteiger partial charge in [0.05, 0.1) is 0 Å². The topological polar surface area (TPSA) is 64.6 Å². The third kappa shape index (κ3) is 8.13. The van der Waals surface area contributed by atoms with E-state index >= 15 is 0 Å². The van der Waals surface area contributed by atoms with Crippen molar-refractivity contribution in [1.29, 1.82) is 0 Å². The molecule has 0 unspecified atom stereocenters. The lowest BCUT2D eigenvalue weighted by Crippen LogP contribution is -2.36. The van der Waals surface area contributed by atoms with E-state index in [1.807, 2.05) is 0 Å². The summed E-state index contributed by atoms with van der Waals surface area (Å²) in [7, 11) is -2.28. The van der Waals surface area contributed by atoms with E-state index < -0.39 is 16.4 Å². The summed E-state index contributed by atoms with van der Waals surface area (Å²) in [5, 5.41) is 0. The van der Waals surface area contributed by atoms with Gasteiger partial charge in [0.25, 0.3) is 0 Å². The number of hydrogen-bond donors (Lipinski definition) is 0. The van der Waals surface area contributed by atoms with Gasteiger partial charge in [-0.15, -0.1) is 4.89 Å². The van der Waals surface area contributed by atoms with E-state index in [4.69, 9.17) is 0 Å². The molecule has 0 atom stereocenters. The van der Waals surface area contributed by atoms with E-state index in [0.29, 0.717) is 0 Å². The van der Waals surface area contributed by atoms with Crippen LogP contribution >= 0.6 is 0 Å². The maximum absolute atomic E-state index is 9.66. The van der Waals surface area contributed by atoms with Gasteiger partial charge in [-0.05, 0) is 20.8 Å². The van der Waals surface area contributed by atoms with Gasteiger partial charge in [-0.3, -0.25) is 0 Å². The Bertz CT molecular complexity index is 77.1.